The van der Waals surface area contributed by atoms with Gasteiger partial charge in [0.25, 0.3) is 5.91 Å². The summed E-state index contributed by atoms with van der Waals surface area (Å²) in [6.45, 7) is 6.38. The first-order valence-electron chi connectivity index (χ1n) is 13.4. The molecule has 2 aromatic carbocycles. The monoisotopic (exact) mass is 562 g/mol. The number of aromatic nitrogens is 1. The summed E-state index contributed by atoms with van der Waals surface area (Å²) in [4.78, 5) is 48.9. The van der Waals surface area contributed by atoms with E-state index in [4.69, 9.17) is 4.74 Å². The van der Waals surface area contributed by atoms with Crippen LogP contribution in [-0.4, -0.2) is 69.5 Å². The zero-order chi connectivity index (χ0) is 28.6. The molecule has 3 atom stereocenters. The highest BCUT2D eigenvalue weighted by atomic mass is 32.1. The summed E-state index contributed by atoms with van der Waals surface area (Å²) in [6, 6.07) is 11.6. The third kappa shape index (κ3) is 5.33. The molecule has 10 heteroatoms. The van der Waals surface area contributed by atoms with E-state index >= 15 is 0 Å². The van der Waals surface area contributed by atoms with Crippen molar-refractivity contribution in [1.82, 2.24) is 20.1 Å². The topological polar surface area (TPSA) is 112 Å². The molecule has 0 radical (unpaired) electrons. The number of aryl methyl sites for hydroxylation is 1. The lowest BCUT2D eigenvalue weighted by Gasteiger charge is -2.35. The van der Waals surface area contributed by atoms with Crippen molar-refractivity contribution in [2.75, 3.05) is 13.7 Å². The first-order chi connectivity index (χ1) is 19.2. The maximum Gasteiger partial charge on any atom is 0.255 e. The highest BCUT2D eigenvalue weighted by Gasteiger charge is 2.45. The highest BCUT2D eigenvalue weighted by Crippen LogP contribution is 2.32. The number of carbonyl (C=O) groups is 3. The molecular weight excluding hydrogens is 528 g/mol. The van der Waals surface area contributed by atoms with E-state index in [1.807, 2.05) is 56.6 Å². The summed E-state index contributed by atoms with van der Waals surface area (Å²) in [5.41, 5.74) is 6.15. The standard InChI is InChI=1S/C30H34N4O5S/c1-17(2)26(34-14-21-11-23(39-4)9-10-24(21)29(34)37)30(38)33-15-22(35)12-25(33)28(36)31-13-19-5-7-20(8-6-19)27-18(3)32-16-40-27/h5-11,16-17,22,25-26,35H,12-15H2,1-4H3,(H,31,36)/t22-,25+,26+/m1/s1. The Morgan fingerprint density at radius 1 is 1.20 bits per heavy atom. The molecule has 9 nitrogen and oxygen atoms in total. The SMILES string of the molecule is COc1ccc2c(c1)CN([C@H](C(=O)N1C[C@H](O)C[C@H]1C(=O)NCc1ccc(-c3scnc3C)cc1)C(C)C)C2=O. The molecule has 3 heterocycles. The molecule has 2 aliphatic heterocycles. The van der Waals surface area contributed by atoms with E-state index < -0.39 is 18.2 Å². The van der Waals surface area contributed by atoms with Gasteiger partial charge in [0.15, 0.2) is 0 Å². The number of benzene rings is 2. The van der Waals surface area contributed by atoms with Crippen molar-refractivity contribution in [2.24, 2.45) is 5.92 Å². The van der Waals surface area contributed by atoms with Crippen LogP contribution in [-0.2, 0) is 22.7 Å². The number of fused-ring (bicyclic) bond motifs is 1. The molecule has 2 N–H and O–H groups in total. The van der Waals surface area contributed by atoms with E-state index in [0.717, 1.165) is 27.3 Å². The predicted octanol–water partition coefficient (Wildman–Crippen LogP) is 3.39. The number of thiazole rings is 1. The number of hydrogen-bond acceptors (Lipinski definition) is 7. The van der Waals surface area contributed by atoms with E-state index in [-0.39, 0.29) is 43.1 Å². The first-order valence-corrected chi connectivity index (χ1v) is 14.3. The van der Waals surface area contributed by atoms with Gasteiger partial charge in [0, 0.05) is 31.6 Å². The second-order valence-corrected chi connectivity index (χ2v) is 11.6. The van der Waals surface area contributed by atoms with Crippen LogP contribution in [0.25, 0.3) is 10.4 Å². The number of carbonyl (C=O) groups excluding carboxylic acids is 3. The Kier molecular flexibility index (Phi) is 7.91. The number of aliphatic hydroxyl groups is 1. The lowest BCUT2D eigenvalue weighted by Crippen LogP contribution is -2.55. The van der Waals surface area contributed by atoms with Gasteiger partial charge in [0.1, 0.15) is 17.8 Å². The second-order valence-electron chi connectivity index (χ2n) is 10.7. The van der Waals surface area contributed by atoms with Crippen molar-refractivity contribution in [3.8, 4) is 16.2 Å². The average molecular weight is 563 g/mol. The van der Waals surface area contributed by atoms with Crippen molar-refractivity contribution < 1.29 is 24.2 Å². The summed E-state index contributed by atoms with van der Waals surface area (Å²) in [7, 11) is 1.57. The molecule has 0 saturated carbocycles. The minimum absolute atomic E-state index is 0.0475. The molecule has 5 rings (SSSR count). The Hall–Kier alpha value is -3.76. The number of likely N-dealkylation sites (tertiary alicyclic amines) is 1. The molecule has 0 spiro atoms. The zero-order valence-electron chi connectivity index (χ0n) is 23.1. The van der Waals surface area contributed by atoms with Crippen molar-refractivity contribution >= 4 is 29.1 Å². The van der Waals surface area contributed by atoms with Crippen LogP contribution in [0, 0.1) is 12.8 Å². The number of rotatable bonds is 8. The van der Waals surface area contributed by atoms with Gasteiger partial charge in [-0.2, -0.15) is 0 Å². The fraction of sp³-hybridized carbons (Fsp3) is 0.400. The summed E-state index contributed by atoms with van der Waals surface area (Å²) < 4.78 is 5.30. The summed E-state index contributed by atoms with van der Waals surface area (Å²) in [5.74, 6) is -0.426. The lowest BCUT2D eigenvalue weighted by atomic mass is 10.0. The molecule has 210 valence electrons. The summed E-state index contributed by atoms with van der Waals surface area (Å²) >= 11 is 1.59. The van der Waals surface area contributed by atoms with Gasteiger partial charge < -0.3 is 25.0 Å². The summed E-state index contributed by atoms with van der Waals surface area (Å²) in [5, 5.41) is 13.4. The largest absolute Gasteiger partial charge is 0.497 e. The van der Waals surface area contributed by atoms with Crippen LogP contribution in [0.5, 0.6) is 5.75 Å². The van der Waals surface area contributed by atoms with Crippen molar-refractivity contribution in [2.45, 2.75) is 58.5 Å². The fourth-order valence-corrected chi connectivity index (χ4v) is 6.40. The summed E-state index contributed by atoms with van der Waals surface area (Å²) in [6.07, 6.45) is -0.664. The van der Waals surface area contributed by atoms with Crippen LogP contribution in [0.3, 0.4) is 0 Å². The minimum atomic E-state index is -0.817. The van der Waals surface area contributed by atoms with E-state index in [0.29, 0.717) is 17.9 Å². The Bertz CT molecular complexity index is 1420. The quantitative estimate of drug-likeness (QED) is 0.435. The van der Waals surface area contributed by atoms with E-state index in [2.05, 4.69) is 10.3 Å². The number of aliphatic hydroxyl groups excluding tert-OH is 1. The van der Waals surface area contributed by atoms with Crippen LogP contribution < -0.4 is 10.1 Å². The van der Waals surface area contributed by atoms with Gasteiger partial charge in [-0.15, -0.1) is 11.3 Å². The number of β-amino-alcohol motifs (C(OH)–C–C–N with tert-alkyl or cyclic N) is 1. The van der Waals surface area contributed by atoms with Gasteiger partial charge in [0.2, 0.25) is 11.8 Å². The maximum atomic E-state index is 13.9. The molecule has 40 heavy (non-hydrogen) atoms. The van der Waals surface area contributed by atoms with Gasteiger partial charge in [-0.05, 0) is 47.7 Å². The van der Waals surface area contributed by atoms with Crippen molar-refractivity contribution in [3.05, 3.63) is 70.4 Å². The van der Waals surface area contributed by atoms with Crippen LogP contribution in [0.1, 0.15) is 47.4 Å². The maximum absolute atomic E-state index is 13.9. The minimum Gasteiger partial charge on any atom is -0.497 e. The Morgan fingerprint density at radius 3 is 2.60 bits per heavy atom. The van der Waals surface area contributed by atoms with Crippen molar-refractivity contribution in [1.29, 1.82) is 0 Å². The van der Waals surface area contributed by atoms with Gasteiger partial charge >= 0.3 is 0 Å². The molecule has 1 aromatic heterocycles. The van der Waals surface area contributed by atoms with Crippen LogP contribution in [0.2, 0.25) is 0 Å². The average Bonchev–Trinajstić information content (AvgIpc) is 3.64. The van der Waals surface area contributed by atoms with Crippen LogP contribution in [0.15, 0.2) is 48.0 Å². The second kappa shape index (κ2) is 11.4. The molecule has 0 aliphatic carbocycles. The number of ether oxygens (including phenoxy) is 1. The van der Waals surface area contributed by atoms with Gasteiger partial charge in [-0.1, -0.05) is 38.1 Å². The van der Waals surface area contributed by atoms with Gasteiger partial charge in [0.05, 0.1) is 29.3 Å². The molecule has 0 unspecified atom stereocenters. The molecule has 3 aromatic rings. The first kappa shape index (κ1) is 27.8. The number of hydrogen-bond donors (Lipinski definition) is 2. The molecule has 1 saturated heterocycles. The van der Waals surface area contributed by atoms with E-state index in [1.165, 1.54) is 4.90 Å². The fourth-order valence-electron chi connectivity index (χ4n) is 5.59. The molecular formula is C30H34N4O5S. The smallest absolute Gasteiger partial charge is 0.255 e. The lowest BCUT2D eigenvalue weighted by molar-refractivity contribution is -0.143. The number of methoxy groups -OCH3 is 1. The number of nitrogens with one attached hydrogen (secondary N) is 1. The number of nitrogens with zero attached hydrogens (tertiary/aromatic N) is 3. The normalized spacial score (nSPS) is 19.2. The van der Waals surface area contributed by atoms with Gasteiger partial charge in [-0.3, -0.25) is 14.4 Å². The molecule has 3 amide bonds. The third-order valence-corrected chi connectivity index (χ3v) is 8.64. The Balaban J connectivity index is 1.28. The van der Waals surface area contributed by atoms with Crippen LogP contribution >= 0.6 is 11.3 Å². The van der Waals surface area contributed by atoms with E-state index in [1.54, 1.807) is 35.5 Å². The van der Waals surface area contributed by atoms with E-state index in [9.17, 15) is 19.5 Å². The molecule has 0 bridgehead atoms. The Morgan fingerprint density at radius 2 is 1.95 bits per heavy atom. The van der Waals surface area contributed by atoms with Gasteiger partial charge in [-0.25, -0.2) is 4.98 Å². The zero-order valence-corrected chi connectivity index (χ0v) is 23.9. The third-order valence-electron chi connectivity index (χ3n) is 7.66. The highest BCUT2D eigenvalue weighted by molar-refractivity contribution is 7.13. The van der Waals surface area contributed by atoms with Crippen molar-refractivity contribution in [3.63, 3.8) is 0 Å². The molecule has 1 fully saturated rings. The Labute approximate surface area is 237 Å². The predicted molar refractivity (Wildman–Crippen MR) is 152 cm³/mol. The molecule has 2 aliphatic rings. The number of amides is 3. The van der Waals surface area contributed by atoms with Crippen LogP contribution in [0.4, 0.5) is 0 Å².